The monoisotopic (exact) mass is 475 g/mol. The molecule has 0 saturated carbocycles. The fourth-order valence-electron chi connectivity index (χ4n) is 4.20. The van der Waals surface area contributed by atoms with Crippen LogP contribution in [0.2, 0.25) is 0 Å². The lowest BCUT2D eigenvalue weighted by molar-refractivity contribution is -0.116. The highest BCUT2D eigenvalue weighted by Gasteiger charge is 2.29. The van der Waals surface area contributed by atoms with E-state index in [1.807, 2.05) is 36.1 Å². The number of nitrogens with zero attached hydrogens (tertiary/aromatic N) is 3. The van der Waals surface area contributed by atoms with Crippen molar-refractivity contribution in [2.45, 2.75) is 46.0 Å². The Hall–Kier alpha value is -4.01. The first kappa shape index (κ1) is 24.1. The van der Waals surface area contributed by atoms with Crippen LogP contribution in [0.15, 0.2) is 47.0 Å². The number of rotatable bonds is 6. The van der Waals surface area contributed by atoms with Gasteiger partial charge in [0.15, 0.2) is 0 Å². The van der Waals surface area contributed by atoms with Crippen molar-refractivity contribution in [2.75, 3.05) is 23.7 Å². The van der Waals surface area contributed by atoms with E-state index in [1.54, 1.807) is 25.1 Å². The smallest absolute Gasteiger partial charge is 0.254 e. The molecule has 0 spiro atoms. The number of hydrogen-bond acceptors (Lipinski definition) is 6. The first-order valence-electron chi connectivity index (χ1n) is 11.8. The number of piperidine rings is 1. The van der Waals surface area contributed by atoms with Crippen molar-refractivity contribution in [1.29, 1.82) is 0 Å². The summed E-state index contributed by atoms with van der Waals surface area (Å²) >= 11 is 0. The number of nitrogens with one attached hydrogen (secondary N) is 2. The van der Waals surface area contributed by atoms with Crippen LogP contribution in [-0.4, -0.2) is 45.9 Å². The SMILES string of the molecule is CCC(=O)Nc1cccc(-c2noc(C3CCN(C(=O)c4cccc(NC(C)=O)c4C)CC3)n2)c1. The highest BCUT2D eigenvalue weighted by molar-refractivity contribution is 5.99. The Morgan fingerprint density at radius 3 is 2.54 bits per heavy atom. The summed E-state index contributed by atoms with van der Waals surface area (Å²) < 4.78 is 5.56. The molecule has 0 unspecified atom stereocenters. The average molecular weight is 476 g/mol. The van der Waals surface area contributed by atoms with Crippen molar-refractivity contribution in [3.63, 3.8) is 0 Å². The molecule has 1 aliphatic heterocycles. The standard InChI is InChI=1S/C26H29N5O4/c1-4-23(33)28-20-8-5-7-19(15-20)24-29-25(35-30-24)18-11-13-31(14-12-18)26(34)21-9-6-10-22(16(21)2)27-17(3)32/h5-10,15,18H,4,11-14H2,1-3H3,(H,27,32)(H,28,33). The van der Waals surface area contributed by atoms with Gasteiger partial charge in [0.25, 0.3) is 5.91 Å². The normalized spacial score (nSPS) is 14.0. The van der Waals surface area contributed by atoms with E-state index in [1.165, 1.54) is 6.92 Å². The van der Waals surface area contributed by atoms with Crippen LogP contribution in [0, 0.1) is 6.92 Å². The summed E-state index contributed by atoms with van der Waals surface area (Å²) in [7, 11) is 0. The minimum Gasteiger partial charge on any atom is -0.339 e. The molecule has 3 aromatic rings. The maximum Gasteiger partial charge on any atom is 0.254 e. The molecule has 0 bridgehead atoms. The predicted octanol–water partition coefficient (Wildman–Crippen LogP) is 4.37. The van der Waals surface area contributed by atoms with Crippen molar-refractivity contribution in [1.82, 2.24) is 15.0 Å². The van der Waals surface area contributed by atoms with Crippen LogP contribution in [0.3, 0.4) is 0 Å². The van der Waals surface area contributed by atoms with E-state index in [0.717, 1.165) is 11.1 Å². The van der Waals surface area contributed by atoms with E-state index in [0.29, 0.717) is 61.0 Å². The molecule has 1 fully saturated rings. The zero-order chi connectivity index (χ0) is 24.9. The van der Waals surface area contributed by atoms with E-state index < -0.39 is 0 Å². The molecular formula is C26H29N5O4. The van der Waals surface area contributed by atoms with Crippen molar-refractivity contribution in [3.05, 3.63) is 59.5 Å². The number of anilines is 2. The van der Waals surface area contributed by atoms with E-state index in [-0.39, 0.29) is 23.6 Å². The van der Waals surface area contributed by atoms with Crippen molar-refractivity contribution in [3.8, 4) is 11.4 Å². The van der Waals surface area contributed by atoms with Crippen molar-refractivity contribution in [2.24, 2.45) is 0 Å². The van der Waals surface area contributed by atoms with Crippen LogP contribution in [0.1, 0.15) is 60.8 Å². The van der Waals surface area contributed by atoms with Gasteiger partial charge < -0.3 is 20.1 Å². The molecule has 9 heteroatoms. The fraction of sp³-hybridized carbons (Fsp3) is 0.346. The van der Waals surface area contributed by atoms with Gasteiger partial charge in [-0.3, -0.25) is 14.4 Å². The summed E-state index contributed by atoms with van der Waals surface area (Å²) in [6.07, 6.45) is 1.83. The molecule has 0 atom stereocenters. The maximum absolute atomic E-state index is 13.2. The second kappa shape index (κ2) is 10.5. The Morgan fingerprint density at radius 2 is 1.83 bits per heavy atom. The van der Waals surface area contributed by atoms with Gasteiger partial charge in [0.2, 0.25) is 23.5 Å². The summed E-state index contributed by atoms with van der Waals surface area (Å²) in [6.45, 7) is 6.23. The zero-order valence-electron chi connectivity index (χ0n) is 20.1. The van der Waals surface area contributed by atoms with E-state index >= 15 is 0 Å². The number of aromatic nitrogens is 2. The minimum absolute atomic E-state index is 0.0506. The van der Waals surface area contributed by atoms with Gasteiger partial charge in [0, 0.05) is 54.9 Å². The Bertz CT molecular complexity index is 1240. The van der Waals surface area contributed by atoms with E-state index in [2.05, 4.69) is 20.8 Å². The van der Waals surface area contributed by atoms with Gasteiger partial charge in [-0.25, -0.2) is 0 Å². The molecule has 0 aliphatic carbocycles. The van der Waals surface area contributed by atoms with Gasteiger partial charge in [-0.1, -0.05) is 30.3 Å². The van der Waals surface area contributed by atoms with Crippen LogP contribution < -0.4 is 10.6 Å². The van der Waals surface area contributed by atoms with Crippen LogP contribution in [-0.2, 0) is 9.59 Å². The molecule has 3 amide bonds. The molecule has 35 heavy (non-hydrogen) atoms. The van der Waals surface area contributed by atoms with Crippen molar-refractivity contribution >= 4 is 29.1 Å². The number of amides is 3. The van der Waals surface area contributed by atoms with Crippen LogP contribution in [0.5, 0.6) is 0 Å². The minimum atomic E-state index is -0.171. The van der Waals surface area contributed by atoms with Gasteiger partial charge in [0.1, 0.15) is 0 Å². The second-order valence-corrected chi connectivity index (χ2v) is 8.66. The number of hydrogen-bond donors (Lipinski definition) is 2. The number of carbonyl (C=O) groups excluding carboxylic acids is 3. The first-order chi connectivity index (χ1) is 16.9. The fourth-order valence-corrected chi connectivity index (χ4v) is 4.20. The second-order valence-electron chi connectivity index (χ2n) is 8.66. The summed E-state index contributed by atoms with van der Waals surface area (Å²) in [6, 6.07) is 12.7. The molecule has 1 saturated heterocycles. The quantitative estimate of drug-likeness (QED) is 0.547. The maximum atomic E-state index is 13.2. The molecule has 182 valence electrons. The van der Waals surface area contributed by atoms with Gasteiger partial charge in [-0.15, -0.1) is 0 Å². The van der Waals surface area contributed by atoms with E-state index in [4.69, 9.17) is 4.52 Å². The summed E-state index contributed by atoms with van der Waals surface area (Å²) in [5.41, 5.74) is 3.44. The third-order valence-corrected chi connectivity index (χ3v) is 6.17. The van der Waals surface area contributed by atoms with Gasteiger partial charge >= 0.3 is 0 Å². The van der Waals surface area contributed by atoms with Crippen LogP contribution in [0.4, 0.5) is 11.4 Å². The van der Waals surface area contributed by atoms with E-state index in [9.17, 15) is 14.4 Å². The largest absolute Gasteiger partial charge is 0.339 e. The predicted molar refractivity (Wildman–Crippen MR) is 132 cm³/mol. The highest BCUT2D eigenvalue weighted by atomic mass is 16.5. The Kier molecular flexibility index (Phi) is 7.24. The van der Waals surface area contributed by atoms with Gasteiger partial charge in [-0.2, -0.15) is 4.98 Å². The Labute approximate surface area is 203 Å². The summed E-state index contributed by atoms with van der Waals surface area (Å²) in [5, 5.41) is 9.74. The molecule has 1 aliphatic rings. The lowest BCUT2D eigenvalue weighted by Crippen LogP contribution is -2.38. The van der Waals surface area contributed by atoms with Crippen molar-refractivity contribution < 1.29 is 18.9 Å². The summed E-state index contributed by atoms with van der Waals surface area (Å²) in [5.74, 6) is 0.806. The molecule has 1 aromatic heterocycles. The zero-order valence-corrected chi connectivity index (χ0v) is 20.1. The van der Waals surface area contributed by atoms with Crippen LogP contribution >= 0.6 is 0 Å². The topological polar surface area (TPSA) is 117 Å². The lowest BCUT2D eigenvalue weighted by Gasteiger charge is -2.31. The van der Waals surface area contributed by atoms with Gasteiger partial charge in [-0.05, 0) is 49.6 Å². The molecule has 4 rings (SSSR count). The Morgan fingerprint density at radius 1 is 1.09 bits per heavy atom. The lowest BCUT2D eigenvalue weighted by atomic mass is 9.95. The first-order valence-corrected chi connectivity index (χ1v) is 11.8. The molecule has 2 aromatic carbocycles. The number of benzene rings is 2. The third-order valence-electron chi connectivity index (χ3n) is 6.17. The van der Waals surface area contributed by atoms with Crippen LogP contribution in [0.25, 0.3) is 11.4 Å². The Balaban J connectivity index is 1.41. The summed E-state index contributed by atoms with van der Waals surface area (Å²) in [4.78, 5) is 42.7. The number of carbonyl (C=O) groups is 3. The average Bonchev–Trinajstić information content (AvgIpc) is 3.35. The number of likely N-dealkylation sites (tertiary alicyclic amines) is 1. The van der Waals surface area contributed by atoms with Gasteiger partial charge in [0.05, 0.1) is 0 Å². The molecule has 2 N–H and O–H groups in total. The highest BCUT2D eigenvalue weighted by Crippen LogP contribution is 2.30. The molecular weight excluding hydrogens is 446 g/mol. The molecule has 9 nitrogen and oxygen atoms in total. The molecule has 0 radical (unpaired) electrons. The third kappa shape index (κ3) is 5.56. The molecule has 2 heterocycles.